The average Bonchev–Trinajstić information content (AvgIpc) is 3.60. The van der Waals surface area contributed by atoms with Crippen LogP contribution in [0.2, 0.25) is 0 Å². The minimum Gasteiger partial charge on any atom is -0.391 e. The Morgan fingerprint density at radius 2 is 1.84 bits per heavy atom. The molecular weight excluding hydrogens is 498 g/mol. The molecule has 0 spiro atoms. The molecule has 2 aromatic carbocycles. The summed E-state index contributed by atoms with van der Waals surface area (Å²) in [5, 5.41) is 15.4. The van der Waals surface area contributed by atoms with E-state index in [1.54, 1.807) is 22.3 Å². The van der Waals surface area contributed by atoms with Gasteiger partial charge in [-0.1, -0.05) is 56.3 Å². The second kappa shape index (κ2) is 10.7. The Labute approximate surface area is 227 Å². The van der Waals surface area contributed by atoms with E-state index in [2.05, 4.69) is 23.7 Å². The monoisotopic (exact) mass is 531 g/mol. The largest absolute Gasteiger partial charge is 0.391 e. The summed E-state index contributed by atoms with van der Waals surface area (Å²) in [6.45, 7) is 6.65. The summed E-state index contributed by atoms with van der Waals surface area (Å²) in [6, 6.07) is 16.1. The lowest BCUT2D eigenvalue weighted by molar-refractivity contribution is -0.143. The highest BCUT2D eigenvalue weighted by atomic mass is 32.1. The molecule has 3 amide bonds. The Morgan fingerprint density at radius 3 is 2.50 bits per heavy atom. The number of hydrogen-bond donors (Lipinski definition) is 2. The average molecular weight is 532 g/mol. The number of hydrogen-bond acceptors (Lipinski definition) is 5. The first-order valence-corrected chi connectivity index (χ1v) is 13.9. The normalized spacial score (nSPS) is 19.7. The van der Waals surface area contributed by atoms with Crippen LogP contribution >= 0.6 is 11.3 Å². The summed E-state index contributed by atoms with van der Waals surface area (Å²) in [5.74, 6) is -0.928. The van der Waals surface area contributed by atoms with Gasteiger partial charge in [-0.05, 0) is 52.6 Å². The third kappa shape index (κ3) is 4.98. The van der Waals surface area contributed by atoms with Gasteiger partial charge in [-0.25, -0.2) is 0 Å². The first kappa shape index (κ1) is 26.1. The fraction of sp³-hybridized carbons (Fsp3) is 0.367. The molecule has 2 aliphatic rings. The van der Waals surface area contributed by atoms with Crippen molar-refractivity contribution in [2.45, 2.75) is 58.5 Å². The van der Waals surface area contributed by atoms with E-state index >= 15 is 0 Å². The number of nitrogens with one attached hydrogen (secondary N) is 1. The summed E-state index contributed by atoms with van der Waals surface area (Å²) < 4.78 is 0. The van der Waals surface area contributed by atoms with Crippen molar-refractivity contribution in [2.75, 3.05) is 6.54 Å². The SMILES string of the molecule is Cc1ccsc1-c1ccc(CNC(=O)[C@@H]2C[C@@H](O)CN2C(=O)C(C(C)C)N2Cc3ccccc3C2=O)cc1. The zero-order chi connectivity index (χ0) is 27.0. The van der Waals surface area contributed by atoms with Gasteiger partial charge in [0, 0.05) is 36.5 Å². The lowest BCUT2D eigenvalue weighted by Gasteiger charge is -2.35. The van der Waals surface area contributed by atoms with Crippen LogP contribution in [0.25, 0.3) is 10.4 Å². The Kier molecular flexibility index (Phi) is 7.36. The number of aliphatic hydroxyl groups is 1. The van der Waals surface area contributed by atoms with Crippen molar-refractivity contribution in [1.82, 2.24) is 15.1 Å². The first-order valence-electron chi connectivity index (χ1n) is 13.0. The maximum absolute atomic E-state index is 13.8. The third-order valence-electron chi connectivity index (χ3n) is 7.48. The molecule has 0 saturated carbocycles. The highest BCUT2D eigenvalue weighted by molar-refractivity contribution is 7.13. The van der Waals surface area contributed by atoms with Gasteiger partial charge < -0.3 is 20.2 Å². The number of carbonyl (C=O) groups excluding carboxylic acids is 3. The zero-order valence-corrected chi connectivity index (χ0v) is 22.7. The van der Waals surface area contributed by atoms with Crippen molar-refractivity contribution >= 4 is 29.1 Å². The molecule has 7 nitrogen and oxygen atoms in total. The maximum Gasteiger partial charge on any atom is 0.255 e. The van der Waals surface area contributed by atoms with E-state index in [0.717, 1.165) is 16.7 Å². The van der Waals surface area contributed by atoms with Gasteiger partial charge in [0.25, 0.3) is 5.91 Å². The molecule has 0 radical (unpaired) electrons. The van der Waals surface area contributed by atoms with E-state index in [9.17, 15) is 19.5 Å². The fourth-order valence-electron chi connectivity index (χ4n) is 5.51. The lowest BCUT2D eigenvalue weighted by atomic mass is 10.0. The number of thiophene rings is 1. The molecule has 3 atom stereocenters. The van der Waals surface area contributed by atoms with Crippen LogP contribution in [0.15, 0.2) is 60.0 Å². The minimum absolute atomic E-state index is 0.0734. The standard InChI is InChI=1S/C30H33N3O4S/c1-18(2)26(33-16-22-6-4-5-7-24(22)29(33)36)30(37)32-17-23(34)14-25(32)28(35)31-15-20-8-10-21(11-9-20)27-19(3)12-13-38-27/h4-13,18,23,25-26,34H,14-17H2,1-3H3,(H,31,35)/t23-,25+,26?/m1/s1. The van der Waals surface area contributed by atoms with Crippen LogP contribution < -0.4 is 5.32 Å². The predicted octanol–water partition coefficient (Wildman–Crippen LogP) is 3.98. The molecule has 0 bridgehead atoms. The number of aliphatic hydroxyl groups excluding tert-OH is 1. The van der Waals surface area contributed by atoms with E-state index in [-0.39, 0.29) is 36.6 Å². The van der Waals surface area contributed by atoms with Crippen LogP contribution in [0.3, 0.4) is 0 Å². The van der Waals surface area contributed by atoms with Crippen LogP contribution in [0.5, 0.6) is 0 Å². The number of likely N-dealkylation sites (tertiary alicyclic amines) is 1. The van der Waals surface area contributed by atoms with Crippen LogP contribution in [-0.4, -0.2) is 57.4 Å². The zero-order valence-electron chi connectivity index (χ0n) is 21.9. The van der Waals surface area contributed by atoms with Crippen molar-refractivity contribution in [3.05, 3.63) is 82.2 Å². The van der Waals surface area contributed by atoms with Crippen LogP contribution in [0.4, 0.5) is 0 Å². The molecule has 38 heavy (non-hydrogen) atoms. The maximum atomic E-state index is 13.8. The second-order valence-corrected chi connectivity index (χ2v) is 11.4. The highest BCUT2D eigenvalue weighted by Crippen LogP contribution is 2.31. The summed E-state index contributed by atoms with van der Waals surface area (Å²) in [4.78, 5) is 44.5. The van der Waals surface area contributed by atoms with Gasteiger partial charge in [0.1, 0.15) is 12.1 Å². The van der Waals surface area contributed by atoms with Crippen LogP contribution in [0, 0.1) is 12.8 Å². The molecule has 1 unspecified atom stereocenters. The molecule has 0 aliphatic carbocycles. The van der Waals surface area contributed by atoms with E-state index in [1.165, 1.54) is 15.3 Å². The summed E-state index contributed by atoms with van der Waals surface area (Å²) in [5.41, 5.74) is 4.84. The quantitative estimate of drug-likeness (QED) is 0.483. The Morgan fingerprint density at radius 1 is 1.11 bits per heavy atom. The van der Waals surface area contributed by atoms with Gasteiger partial charge in [-0.15, -0.1) is 11.3 Å². The number of aryl methyl sites for hydroxylation is 1. The van der Waals surface area contributed by atoms with E-state index in [4.69, 9.17) is 0 Å². The molecule has 1 aromatic heterocycles. The number of rotatable bonds is 7. The summed E-state index contributed by atoms with van der Waals surface area (Å²) in [7, 11) is 0. The number of amides is 3. The first-order chi connectivity index (χ1) is 18.2. The summed E-state index contributed by atoms with van der Waals surface area (Å²) >= 11 is 1.70. The number of β-amino-alcohol motifs (C(OH)–C–C–N with tert-alkyl or cyclic N) is 1. The van der Waals surface area contributed by atoms with Gasteiger partial charge in [0.05, 0.1) is 6.10 Å². The molecule has 3 aromatic rings. The van der Waals surface area contributed by atoms with Crippen molar-refractivity contribution < 1.29 is 19.5 Å². The van der Waals surface area contributed by atoms with E-state index < -0.39 is 18.2 Å². The van der Waals surface area contributed by atoms with Crippen LogP contribution in [-0.2, 0) is 22.7 Å². The van der Waals surface area contributed by atoms with Gasteiger partial charge in [-0.2, -0.15) is 0 Å². The van der Waals surface area contributed by atoms with E-state index in [0.29, 0.717) is 18.7 Å². The second-order valence-electron chi connectivity index (χ2n) is 10.5. The molecule has 5 rings (SSSR count). The van der Waals surface area contributed by atoms with Gasteiger partial charge in [0.15, 0.2) is 0 Å². The number of benzene rings is 2. The molecule has 8 heteroatoms. The topological polar surface area (TPSA) is 89.9 Å². The lowest BCUT2D eigenvalue weighted by Crippen LogP contribution is -2.55. The minimum atomic E-state index is -0.790. The van der Waals surface area contributed by atoms with Gasteiger partial charge in [0.2, 0.25) is 11.8 Å². The van der Waals surface area contributed by atoms with Crippen LogP contribution in [0.1, 0.15) is 47.3 Å². The van der Waals surface area contributed by atoms with Crippen molar-refractivity contribution in [1.29, 1.82) is 0 Å². The molecule has 198 valence electrons. The van der Waals surface area contributed by atoms with Gasteiger partial charge >= 0.3 is 0 Å². The molecule has 2 N–H and O–H groups in total. The smallest absolute Gasteiger partial charge is 0.255 e. The highest BCUT2D eigenvalue weighted by Gasteiger charge is 2.45. The number of carbonyl (C=O) groups is 3. The van der Waals surface area contributed by atoms with Crippen molar-refractivity contribution in [3.8, 4) is 10.4 Å². The van der Waals surface area contributed by atoms with Gasteiger partial charge in [-0.3, -0.25) is 14.4 Å². The molecule has 2 aliphatic heterocycles. The Bertz CT molecular complexity index is 1350. The Hall–Kier alpha value is -3.49. The number of nitrogens with zero attached hydrogens (tertiary/aromatic N) is 2. The summed E-state index contributed by atoms with van der Waals surface area (Å²) in [6.07, 6.45) is -0.616. The number of fused-ring (bicyclic) bond motifs is 1. The van der Waals surface area contributed by atoms with Crippen molar-refractivity contribution in [3.63, 3.8) is 0 Å². The third-order valence-corrected chi connectivity index (χ3v) is 8.54. The Balaban J connectivity index is 1.27. The van der Waals surface area contributed by atoms with E-state index in [1.807, 2.05) is 56.3 Å². The molecule has 1 fully saturated rings. The van der Waals surface area contributed by atoms with Crippen molar-refractivity contribution in [2.24, 2.45) is 5.92 Å². The predicted molar refractivity (Wildman–Crippen MR) is 147 cm³/mol. The molecule has 3 heterocycles. The molecular formula is C30H33N3O4S. The molecule has 1 saturated heterocycles. The fourth-order valence-corrected chi connectivity index (χ4v) is 6.44.